The third kappa shape index (κ3) is 3.23. The minimum absolute atomic E-state index is 0.195. The number of carboxylic acid groups (broad SMARTS) is 1. The van der Waals surface area contributed by atoms with E-state index in [4.69, 9.17) is 4.74 Å². The maximum atomic E-state index is 13.3. The number of piperidine rings is 2. The molecule has 0 aromatic heterocycles. The predicted octanol–water partition coefficient (Wildman–Crippen LogP) is 1.87. The Bertz CT molecular complexity index is 854. The van der Waals surface area contributed by atoms with Crippen LogP contribution in [0.15, 0.2) is 17.0 Å². The summed E-state index contributed by atoms with van der Waals surface area (Å²) in [5, 5.41) is 9.88. The van der Waals surface area contributed by atoms with Gasteiger partial charge in [-0.15, -0.1) is 0 Å². The normalized spacial score (nSPS) is 27.2. The van der Waals surface area contributed by atoms with Gasteiger partial charge in [-0.1, -0.05) is 6.07 Å². The molecule has 2 atom stereocenters. The lowest BCUT2D eigenvalue weighted by Gasteiger charge is -2.51. The first-order chi connectivity index (χ1) is 12.6. The molecule has 1 aromatic carbocycles. The van der Waals surface area contributed by atoms with Crippen LogP contribution in [0.4, 0.5) is 0 Å². The largest absolute Gasteiger partial charge is 0.496 e. The number of aryl methyl sites for hydroxylation is 2. The summed E-state index contributed by atoms with van der Waals surface area (Å²) in [6.45, 7) is 4.85. The number of sulfonamides is 1. The van der Waals surface area contributed by atoms with Crippen molar-refractivity contribution in [3.8, 4) is 5.75 Å². The van der Waals surface area contributed by atoms with E-state index in [2.05, 4.69) is 0 Å². The second kappa shape index (κ2) is 7.07. The highest BCUT2D eigenvalue weighted by Gasteiger charge is 2.53. The fourth-order valence-corrected chi connectivity index (χ4v) is 6.30. The second-order valence-corrected chi connectivity index (χ2v) is 9.67. The smallest absolute Gasteiger partial charge is 0.311 e. The summed E-state index contributed by atoms with van der Waals surface area (Å²) in [7, 11) is -0.327. The van der Waals surface area contributed by atoms with Crippen molar-refractivity contribution in [2.45, 2.75) is 44.0 Å². The molecule has 27 heavy (non-hydrogen) atoms. The molecule has 0 spiro atoms. The highest BCUT2D eigenvalue weighted by molar-refractivity contribution is 7.89. The zero-order valence-corrected chi connectivity index (χ0v) is 17.2. The van der Waals surface area contributed by atoms with Crippen molar-refractivity contribution < 1.29 is 23.1 Å². The number of methoxy groups -OCH3 is 1. The molecule has 0 bridgehead atoms. The van der Waals surface area contributed by atoms with Crippen LogP contribution in [0.25, 0.3) is 0 Å². The van der Waals surface area contributed by atoms with Crippen LogP contribution in [-0.4, -0.2) is 68.5 Å². The van der Waals surface area contributed by atoms with E-state index in [0.717, 1.165) is 18.5 Å². The summed E-state index contributed by atoms with van der Waals surface area (Å²) in [6, 6.07) is 3.06. The van der Waals surface area contributed by atoms with E-state index in [1.165, 1.54) is 11.4 Å². The zero-order chi connectivity index (χ0) is 20.0. The molecular weight excluding hydrogens is 368 g/mol. The fraction of sp³-hybridized carbons (Fsp3) is 0.632. The Morgan fingerprint density at radius 3 is 2.56 bits per heavy atom. The molecule has 3 rings (SSSR count). The van der Waals surface area contributed by atoms with Crippen LogP contribution in [0.5, 0.6) is 5.75 Å². The number of rotatable bonds is 4. The van der Waals surface area contributed by atoms with Gasteiger partial charge in [0.05, 0.1) is 17.4 Å². The number of hydrogen-bond donors (Lipinski definition) is 1. The Morgan fingerprint density at radius 1 is 1.22 bits per heavy atom. The van der Waals surface area contributed by atoms with E-state index in [9.17, 15) is 18.3 Å². The number of carboxylic acids is 1. The predicted molar refractivity (Wildman–Crippen MR) is 102 cm³/mol. The summed E-state index contributed by atoms with van der Waals surface area (Å²) in [5.74, 6) is -0.282. The summed E-state index contributed by atoms with van der Waals surface area (Å²) < 4.78 is 33.4. The van der Waals surface area contributed by atoms with Gasteiger partial charge in [-0.3, -0.25) is 4.79 Å². The van der Waals surface area contributed by atoms with Crippen molar-refractivity contribution in [2.75, 3.05) is 33.8 Å². The first-order valence-corrected chi connectivity index (χ1v) is 10.7. The van der Waals surface area contributed by atoms with Crippen LogP contribution in [0.3, 0.4) is 0 Å². The standard InChI is InChI=1S/C19H28N2O5S/c1-13-10-14(2)16(11-15(13)26-4)27(24,25)21-9-7-19(18(22)23)6-5-8-20(3)17(19)12-21/h10-11,17H,5-9,12H2,1-4H3,(H,22,23)/t17-,19+/m1/s1. The average molecular weight is 397 g/mol. The van der Waals surface area contributed by atoms with E-state index in [1.54, 1.807) is 13.0 Å². The molecule has 0 saturated carbocycles. The second-order valence-electron chi connectivity index (χ2n) is 7.76. The molecule has 0 aliphatic carbocycles. The lowest BCUT2D eigenvalue weighted by molar-refractivity contribution is -0.160. The summed E-state index contributed by atoms with van der Waals surface area (Å²) >= 11 is 0. The van der Waals surface area contributed by atoms with Crippen molar-refractivity contribution in [3.05, 3.63) is 23.3 Å². The van der Waals surface area contributed by atoms with Crippen molar-refractivity contribution in [1.82, 2.24) is 9.21 Å². The first-order valence-electron chi connectivity index (χ1n) is 9.22. The quantitative estimate of drug-likeness (QED) is 0.836. The molecule has 0 radical (unpaired) electrons. The number of fused-ring (bicyclic) bond motifs is 1. The van der Waals surface area contributed by atoms with E-state index in [-0.39, 0.29) is 24.0 Å². The first kappa shape index (κ1) is 20.1. The molecule has 0 unspecified atom stereocenters. The highest BCUT2D eigenvalue weighted by Crippen LogP contribution is 2.43. The molecule has 2 saturated heterocycles. The van der Waals surface area contributed by atoms with Crippen molar-refractivity contribution in [2.24, 2.45) is 5.41 Å². The Morgan fingerprint density at radius 2 is 1.93 bits per heavy atom. The number of nitrogens with zero attached hydrogens (tertiary/aromatic N) is 2. The summed E-state index contributed by atoms with van der Waals surface area (Å²) in [4.78, 5) is 14.3. The molecule has 2 aliphatic rings. The Hall–Kier alpha value is -1.64. The molecule has 2 fully saturated rings. The van der Waals surface area contributed by atoms with Gasteiger partial charge < -0.3 is 14.7 Å². The molecule has 150 valence electrons. The molecule has 0 amide bonds. The fourth-order valence-electron chi connectivity index (χ4n) is 4.63. The van der Waals surface area contributed by atoms with Gasteiger partial charge in [0.25, 0.3) is 0 Å². The maximum Gasteiger partial charge on any atom is 0.311 e. The molecule has 1 aromatic rings. The number of aliphatic carboxylic acids is 1. The van der Waals surface area contributed by atoms with Crippen molar-refractivity contribution in [3.63, 3.8) is 0 Å². The Labute approximate surface area is 161 Å². The zero-order valence-electron chi connectivity index (χ0n) is 16.4. The van der Waals surface area contributed by atoms with Gasteiger partial charge in [0.15, 0.2) is 0 Å². The van der Waals surface area contributed by atoms with Crippen LogP contribution >= 0.6 is 0 Å². The Kier molecular flexibility index (Phi) is 5.26. The van der Waals surface area contributed by atoms with Gasteiger partial charge >= 0.3 is 5.97 Å². The lowest BCUT2D eigenvalue weighted by atomic mass is 9.69. The molecule has 2 heterocycles. The maximum absolute atomic E-state index is 13.3. The Balaban J connectivity index is 1.97. The van der Waals surface area contributed by atoms with Gasteiger partial charge in [0, 0.05) is 25.2 Å². The summed E-state index contributed by atoms with van der Waals surface area (Å²) in [6.07, 6.45) is 1.75. The van der Waals surface area contributed by atoms with Gasteiger partial charge in [-0.05, 0) is 57.8 Å². The highest BCUT2D eigenvalue weighted by atomic mass is 32.2. The van der Waals surface area contributed by atoms with Gasteiger partial charge in [-0.25, -0.2) is 8.42 Å². The van der Waals surface area contributed by atoms with Gasteiger partial charge in [-0.2, -0.15) is 4.31 Å². The monoisotopic (exact) mass is 396 g/mol. The van der Waals surface area contributed by atoms with Crippen LogP contribution in [0, 0.1) is 19.3 Å². The number of likely N-dealkylation sites (N-methyl/N-ethyl adjacent to an activating group) is 1. The number of ether oxygens (including phenoxy) is 1. The molecular formula is C19H28N2O5S. The van der Waals surface area contributed by atoms with Gasteiger partial charge in [0.2, 0.25) is 10.0 Å². The van der Waals surface area contributed by atoms with Crippen molar-refractivity contribution >= 4 is 16.0 Å². The number of likely N-dealkylation sites (tertiary alicyclic amines) is 1. The van der Waals surface area contributed by atoms with Crippen LogP contribution in [0.2, 0.25) is 0 Å². The average Bonchev–Trinajstić information content (AvgIpc) is 2.61. The van der Waals surface area contributed by atoms with E-state index < -0.39 is 21.4 Å². The third-order valence-corrected chi connectivity index (χ3v) is 8.23. The topological polar surface area (TPSA) is 87.2 Å². The van der Waals surface area contributed by atoms with E-state index in [1.807, 2.05) is 24.9 Å². The summed E-state index contributed by atoms with van der Waals surface area (Å²) in [5.41, 5.74) is 0.684. The number of benzene rings is 1. The van der Waals surface area contributed by atoms with Gasteiger partial charge in [0.1, 0.15) is 5.75 Å². The SMILES string of the molecule is COc1cc(S(=O)(=O)N2CC[C@@]3(C(=O)O)CCCN(C)[C@@H]3C2)c(C)cc1C. The minimum Gasteiger partial charge on any atom is -0.496 e. The van der Waals surface area contributed by atoms with Crippen LogP contribution < -0.4 is 4.74 Å². The van der Waals surface area contributed by atoms with Crippen LogP contribution in [0.1, 0.15) is 30.4 Å². The molecule has 7 nitrogen and oxygen atoms in total. The third-order valence-electron chi connectivity index (χ3n) is 6.22. The van der Waals surface area contributed by atoms with Crippen molar-refractivity contribution in [1.29, 1.82) is 0 Å². The molecule has 2 aliphatic heterocycles. The number of hydrogen-bond acceptors (Lipinski definition) is 5. The lowest BCUT2D eigenvalue weighted by Crippen LogP contribution is -2.63. The molecule has 1 N–H and O–H groups in total. The number of carbonyl (C=O) groups is 1. The minimum atomic E-state index is -3.73. The van der Waals surface area contributed by atoms with E-state index in [0.29, 0.717) is 24.2 Å². The van der Waals surface area contributed by atoms with E-state index >= 15 is 0 Å². The van der Waals surface area contributed by atoms with Crippen LogP contribution in [-0.2, 0) is 14.8 Å². The molecule has 8 heteroatoms.